The summed E-state index contributed by atoms with van der Waals surface area (Å²) < 4.78 is 7.21. The van der Waals surface area contributed by atoms with Crippen molar-refractivity contribution in [2.45, 2.75) is 70.3 Å². The van der Waals surface area contributed by atoms with E-state index in [2.05, 4.69) is 117 Å². The van der Waals surface area contributed by atoms with Gasteiger partial charge in [0.1, 0.15) is 0 Å². The second-order valence-corrected chi connectivity index (χ2v) is 15.5. The summed E-state index contributed by atoms with van der Waals surface area (Å²) in [4.78, 5) is 2.44. The quantitative estimate of drug-likeness (QED) is 0.469. The highest BCUT2D eigenvalue weighted by molar-refractivity contribution is 6.99. The molecule has 34 heavy (non-hydrogen) atoms. The molecule has 1 aliphatic rings. The van der Waals surface area contributed by atoms with E-state index in [9.17, 15) is 5.11 Å². The minimum absolute atomic E-state index is 0.0423. The molecular weight excluding hydrogens is 434 g/mol. The smallest absolute Gasteiger partial charge is 0.261 e. The Kier molecular flexibility index (Phi) is 7.16. The third-order valence-electron chi connectivity index (χ3n) is 7.30. The zero-order chi connectivity index (χ0) is 24.4. The first-order chi connectivity index (χ1) is 16.1. The summed E-state index contributed by atoms with van der Waals surface area (Å²) in [6.07, 6.45) is 0.939. The van der Waals surface area contributed by atoms with E-state index in [1.807, 2.05) is 13.8 Å². The zero-order valence-corrected chi connectivity index (χ0v) is 22.2. The molecule has 0 spiro atoms. The van der Waals surface area contributed by atoms with Crippen LogP contribution in [-0.4, -0.2) is 42.6 Å². The van der Waals surface area contributed by atoms with Crippen molar-refractivity contribution < 1.29 is 9.53 Å². The fourth-order valence-corrected chi connectivity index (χ4v) is 10.1. The van der Waals surface area contributed by atoms with Crippen molar-refractivity contribution in [1.82, 2.24) is 4.90 Å². The molecule has 3 aromatic rings. The van der Waals surface area contributed by atoms with Gasteiger partial charge in [0.05, 0.1) is 12.2 Å². The molecule has 0 saturated carbocycles. The molecule has 3 aromatic carbocycles. The maximum Gasteiger partial charge on any atom is 0.261 e. The van der Waals surface area contributed by atoms with E-state index in [1.165, 1.54) is 15.9 Å². The van der Waals surface area contributed by atoms with Crippen LogP contribution in [0, 0.1) is 0 Å². The largest absolute Gasteiger partial charge is 0.406 e. The van der Waals surface area contributed by atoms with Crippen LogP contribution in [0.5, 0.6) is 0 Å². The Morgan fingerprint density at radius 3 is 1.71 bits per heavy atom. The van der Waals surface area contributed by atoms with Crippen LogP contribution in [0.25, 0.3) is 0 Å². The van der Waals surface area contributed by atoms with Crippen molar-refractivity contribution in [3.05, 3.63) is 96.6 Å². The standard InChI is InChI=1S/C30H39NO2Si/c1-29(2,3)34(26-17-11-7-12-18-26,27-19-13-8-14-20-27)33-23-25-21-28(30(4,5)32)31(25)22-24-15-9-6-10-16-24/h6-20,25,28,32H,21-23H2,1-5H3/t25-,28+/m1/s1. The van der Waals surface area contributed by atoms with E-state index >= 15 is 0 Å². The van der Waals surface area contributed by atoms with Crippen LogP contribution in [0.4, 0.5) is 0 Å². The van der Waals surface area contributed by atoms with Crippen LogP contribution in [0.3, 0.4) is 0 Å². The number of nitrogens with zero attached hydrogens (tertiary/aromatic N) is 1. The van der Waals surface area contributed by atoms with E-state index in [1.54, 1.807) is 0 Å². The van der Waals surface area contributed by atoms with E-state index in [0.29, 0.717) is 6.61 Å². The van der Waals surface area contributed by atoms with Crippen molar-refractivity contribution in [3.63, 3.8) is 0 Å². The van der Waals surface area contributed by atoms with Gasteiger partial charge in [-0.1, -0.05) is 112 Å². The molecule has 0 aromatic heterocycles. The molecule has 4 heteroatoms. The van der Waals surface area contributed by atoms with Crippen LogP contribution in [-0.2, 0) is 11.0 Å². The lowest BCUT2D eigenvalue weighted by atomic mass is 9.82. The van der Waals surface area contributed by atoms with Crippen molar-refractivity contribution in [1.29, 1.82) is 0 Å². The molecule has 1 fully saturated rings. The summed E-state index contributed by atoms with van der Waals surface area (Å²) in [6.45, 7) is 12.3. The Morgan fingerprint density at radius 2 is 1.26 bits per heavy atom. The third-order valence-corrected chi connectivity index (χ3v) is 12.3. The number of likely N-dealkylation sites (tertiary alicyclic amines) is 1. The first-order valence-corrected chi connectivity index (χ1v) is 14.3. The van der Waals surface area contributed by atoms with Gasteiger partial charge >= 0.3 is 0 Å². The second kappa shape index (κ2) is 9.78. The van der Waals surface area contributed by atoms with Crippen molar-refractivity contribution in [2.24, 2.45) is 0 Å². The molecular formula is C30H39NO2Si. The molecule has 180 valence electrons. The Bertz CT molecular complexity index is 1000. The Balaban J connectivity index is 1.66. The van der Waals surface area contributed by atoms with Gasteiger partial charge < -0.3 is 9.53 Å². The van der Waals surface area contributed by atoms with Gasteiger partial charge in [0.15, 0.2) is 0 Å². The van der Waals surface area contributed by atoms with Crippen LogP contribution >= 0.6 is 0 Å². The van der Waals surface area contributed by atoms with Crippen molar-refractivity contribution in [2.75, 3.05) is 6.61 Å². The van der Waals surface area contributed by atoms with E-state index in [4.69, 9.17) is 4.43 Å². The first kappa shape index (κ1) is 24.9. The predicted octanol–water partition coefficient (Wildman–Crippen LogP) is 4.98. The number of aliphatic hydroxyl groups is 1. The highest BCUT2D eigenvalue weighted by Crippen LogP contribution is 2.39. The highest BCUT2D eigenvalue weighted by Gasteiger charge is 2.52. The van der Waals surface area contributed by atoms with Crippen LogP contribution in [0.2, 0.25) is 5.04 Å². The summed E-state index contributed by atoms with van der Waals surface area (Å²) in [6, 6.07) is 32.6. The normalized spacial score (nSPS) is 19.6. The van der Waals surface area contributed by atoms with Crippen LogP contribution in [0.15, 0.2) is 91.0 Å². The average Bonchev–Trinajstić information content (AvgIpc) is 2.79. The van der Waals surface area contributed by atoms with E-state index in [0.717, 1.165) is 13.0 Å². The lowest BCUT2D eigenvalue weighted by molar-refractivity contribution is -0.119. The van der Waals surface area contributed by atoms with Gasteiger partial charge in [-0.05, 0) is 41.2 Å². The number of hydrogen-bond donors (Lipinski definition) is 1. The van der Waals surface area contributed by atoms with Gasteiger partial charge in [-0.2, -0.15) is 0 Å². The summed E-state index contributed by atoms with van der Waals surface area (Å²) in [5.74, 6) is 0. The Labute approximate surface area is 206 Å². The van der Waals surface area contributed by atoms with Gasteiger partial charge in [-0.3, -0.25) is 4.90 Å². The molecule has 0 aliphatic carbocycles. The first-order valence-electron chi connectivity index (χ1n) is 12.4. The molecule has 0 unspecified atom stereocenters. The second-order valence-electron chi connectivity index (χ2n) is 11.2. The Morgan fingerprint density at radius 1 is 0.794 bits per heavy atom. The lowest BCUT2D eigenvalue weighted by Crippen LogP contribution is -2.70. The highest BCUT2D eigenvalue weighted by atomic mass is 28.4. The topological polar surface area (TPSA) is 32.7 Å². The summed E-state index contributed by atoms with van der Waals surface area (Å²) in [5, 5.41) is 13.4. The Hall–Kier alpha value is -2.24. The molecule has 0 amide bonds. The molecule has 4 rings (SSSR count). The van der Waals surface area contributed by atoms with Gasteiger partial charge in [-0.15, -0.1) is 0 Å². The predicted molar refractivity (Wildman–Crippen MR) is 144 cm³/mol. The third kappa shape index (κ3) is 4.92. The molecule has 0 bridgehead atoms. The average molecular weight is 474 g/mol. The van der Waals surface area contributed by atoms with Crippen LogP contribution in [0.1, 0.15) is 46.6 Å². The molecule has 3 nitrogen and oxygen atoms in total. The van der Waals surface area contributed by atoms with Crippen molar-refractivity contribution in [3.8, 4) is 0 Å². The minimum atomic E-state index is -2.57. The maximum absolute atomic E-state index is 10.8. The number of benzene rings is 3. The molecule has 1 N–H and O–H groups in total. The van der Waals surface area contributed by atoms with E-state index < -0.39 is 13.9 Å². The van der Waals surface area contributed by atoms with Gasteiger partial charge in [0.2, 0.25) is 0 Å². The minimum Gasteiger partial charge on any atom is -0.406 e. The van der Waals surface area contributed by atoms with Crippen molar-refractivity contribution >= 4 is 18.7 Å². The summed E-state index contributed by atoms with van der Waals surface area (Å²) in [5.41, 5.74) is 0.523. The molecule has 1 heterocycles. The molecule has 1 saturated heterocycles. The number of hydrogen-bond acceptors (Lipinski definition) is 3. The SMILES string of the molecule is CC(C)(O)[C@@H]1C[C@H](CO[Si](c2ccccc2)(c2ccccc2)C(C)(C)C)N1Cc1ccccc1. The molecule has 1 aliphatic heterocycles. The van der Waals surface area contributed by atoms with Gasteiger partial charge in [0.25, 0.3) is 8.32 Å². The molecule has 2 atom stereocenters. The fraction of sp³-hybridized carbons (Fsp3) is 0.400. The van der Waals surface area contributed by atoms with E-state index in [-0.39, 0.29) is 17.1 Å². The number of rotatable bonds is 8. The fourth-order valence-electron chi connectivity index (χ4n) is 5.52. The summed E-state index contributed by atoms with van der Waals surface area (Å²) in [7, 11) is -2.57. The summed E-state index contributed by atoms with van der Waals surface area (Å²) >= 11 is 0. The van der Waals surface area contributed by atoms with Crippen LogP contribution < -0.4 is 10.4 Å². The molecule has 0 radical (unpaired) electrons. The maximum atomic E-state index is 10.8. The monoisotopic (exact) mass is 473 g/mol. The lowest BCUT2D eigenvalue weighted by Gasteiger charge is -2.54. The van der Waals surface area contributed by atoms with Gasteiger partial charge in [0, 0.05) is 18.6 Å². The zero-order valence-electron chi connectivity index (χ0n) is 21.2. The van der Waals surface area contributed by atoms with Gasteiger partial charge in [-0.25, -0.2) is 0 Å².